The van der Waals surface area contributed by atoms with Gasteiger partial charge in [0.05, 0.1) is 18.7 Å². The van der Waals surface area contributed by atoms with Crippen molar-refractivity contribution in [3.8, 4) is 17.6 Å². The van der Waals surface area contributed by atoms with Gasteiger partial charge in [-0.05, 0) is 42.3 Å². The normalized spacial score (nSPS) is 10.8. The van der Waals surface area contributed by atoms with Crippen molar-refractivity contribution in [1.29, 1.82) is 5.26 Å². The molecule has 2 aromatic rings. The lowest BCUT2D eigenvalue weighted by atomic mass is 10.2. The van der Waals surface area contributed by atoms with Crippen LogP contribution in [0.1, 0.15) is 16.7 Å². The Morgan fingerprint density at radius 3 is 2.59 bits per heavy atom. The molecule has 0 saturated carbocycles. The van der Waals surface area contributed by atoms with Crippen molar-refractivity contribution in [3.05, 3.63) is 59.2 Å². The topological polar surface area (TPSA) is 76.4 Å². The Morgan fingerprint density at radius 2 is 1.91 bits per heavy atom. The van der Waals surface area contributed by atoms with Crippen molar-refractivity contribution in [2.24, 2.45) is 0 Å². The maximum atomic E-state index is 12.2. The van der Waals surface area contributed by atoms with Gasteiger partial charge in [0.15, 0.2) is 11.5 Å². The Labute approximate surface area is 129 Å². The van der Waals surface area contributed by atoms with Gasteiger partial charge in [0.2, 0.25) is 0 Å². The highest BCUT2D eigenvalue weighted by Gasteiger charge is 2.17. The van der Waals surface area contributed by atoms with Crippen molar-refractivity contribution >= 4 is 10.1 Å². The van der Waals surface area contributed by atoms with Crippen LogP contribution >= 0.6 is 0 Å². The molecular formula is C16H15NO4S. The molecule has 5 nitrogen and oxygen atoms in total. The Hall–Kier alpha value is -2.52. The summed E-state index contributed by atoms with van der Waals surface area (Å²) in [5, 5.41) is 8.84. The molecule has 6 heteroatoms. The minimum atomic E-state index is -3.85. The Morgan fingerprint density at radius 1 is 1.14 bits per heavy atom. The first kappa shape index (κ1) is 15.9. The van der Waals surface area contributed by atoms with Crippen LogP contribution in [0.25, 0.3) is 0 Å². The molecule has 0 radical (unpaired) electrons. The van der Waals surface area contributed by atoms with Gasteiger partial charge in [0.25, 0.3) is 0 Å². The van der Waals surface area contributed by atoms with Gasteiger partial charge in [-0.25, -0.2) is 0 Å². The number of methoxy groups -OCH3 is 1. The van der Waals surface area contributed by atoms with Crippen LogP contribution in [0.4, 0.5) is 0 Å². The highest BCUT2D eigenvalue weighted by molar-refractivity contribution is 7.86. The number of nitrogens with zero attached hydrogens (tertiary/aromatic N) is 1. The predicted molar refractivity (Wildman–Crippen MR) is 82.1 cm³/mol. The lowest BCUT2D eigenvalue weighted by Crippen LogP contribution is -2.12. The summed E-state index contributed by atoms with van der Waals surface area (Å²) in [6.07, 6.45) is 0. The third-order valence-electron chi connectivity index (χ3n) is 2.94. The van der Waals surface area contributed by atoms with Gasteiger partial charge < -0.3 is 8.92 Å². The smallest absolute Gasteiger partial charge is 0.313 e. The molecule has 0 amide bonds. The van der Waals surface area contributed by atoms with Crippen LogP contribution in [0.15, 0.2) is 42.5 Å². The van der Waals surface area contributed by atoms with E-state index < -0.39 is 10.1 Å². The van der Waals surface area contributed by atoms with Crippen LogP contribution in [0, 0.1) is 18.3 Å². The zero-order valence-corrected chi connectivity index (χ0v) is 13.1. The summed E-state index contributed by atoms with van der Waals surface area (Å²) in [7, 11) is -2.40. The van der Waals surface area contributed by atoms with E-state index in [1.807, 2.05) is 13.0 Å². The largest absolute Gasteiger partial charge is 0.493 e. The molecule has 2 rings (SSSR count). The van der Waals surface area contributed by atoms with Crippen LogP contribution in [0.5, 0.6) is 11.5 Å². The van der Waals surface area contributed by atoms with Gasteiger partial charge in [-0.15, -0.1) is 0 Å². The molecule has 0 aliphatic carbocycles. The van der Waals surface area contributed by atoms with Crippen molar-refractivity contribution < 1.29 is 17.3 Å². The molecule has 0 bridgehead atoms. The van der Waals surface area contributed by atoms with Crippen molar-refractivity contribution in [2.45, 2.75) is 12.7 Å². The standard InChI is InChI=1S/C16H15NO4S/c1-12-6-7-15(16(8-12)20-2)21-22(18,19)11-14-5-3-4-13(9-14)10-17/h3-9H,11H2,1-2H3. The number of rotatable bonds is 5. The van der Waals surface area contributed by atoms with Gasteiger partial charge in [0, 0.05) is 0 Å². The Bertz CT molecular complexity index is 822. The molecule has 0 atom stereocenters. The molecule has 0 aromatic heterocycles. The van der Waals surface area contributed by atoms with E-state index in [2.05, 4.69) is 0 Å². The average molecular weight is 317 g/mol. The SMILES string of the molecule is COc1cc(C)ccc1OS(=O)(=O)Cc1cccc(C#N)c1. The molecule has 0 spiro atoms. The van der Waals surface area contributed by atoms with Gasteiger partial charge in [-0.1, -0.05) is 18.2 Å². The van der Waals surface area contributed by atoms with E-state index in [0.717, 1.165) is 5.56 Å². The number of hydrogen-bond acceptors (Lipinski definition) is 5. The fourth-order valence-electron chi connectivity index (χ4n) is 1.94. The van der Waals surface area contributed by atoms with Gasteiger partial charge in [-0.2, -0.15) is 13.7 Å². The average Bonchev–Trinajstić information content (AvgIpc) is 2.48. The monoisotopic (exact) mass is 317 g/mol. The quantitative estimate of drug-likeness (QED) is 0.793. The number of nitriles is 1. The molecular weight excluding hydrogens is 302 g/mol. The van der Waals surface area contributed by atoms with E-state index in [0.29, 0.717) is 16.9 Å². The maximum absolute atomic E-state index is 12.2. The molecule has 0 aliphatic rings. The first-order chi connectivity index (χ1) is 10.4. The highest BCUT2D eigenvalue weighted by atomic mass is 32.2. The van der Waals surface area contributed by atoms with E-state index in [-0.39, 0.29) is 11.5 Å². The van der Waals surface area contributed by atoms with Crippen molar-refractivity contribution in [1.82, 2.24) is 0 Å². The van der Waals surface area contributed by atoms with Crippen LogP contribution in [-0.2, 0) is 15.9 Å². The Balaban J connectivity index is 2.23. The van der Waals surface area contributed by atoms with Crippen molar-refractivity contribution in [2.75, 3.05) is 7.11 Å². The van der Waals surface area contributed by atoms with E-state index >= 15 is 0 Å². The van der Waals surface area contributed by atoms with E-state index in [1.165, 1.54) is 13.2 Å². The summed E-state index contributed by atoms with van der Waals surface area (Å²) in [5.41, 5.74) is 1.83. The summed E-state index contributed by atoms with van der Waals surface area (Å²) in [5.74, 6) is 0.179. The van der Waals surface area contributed by atoms with Crippen molar-refractivity contribution in [3.63, 3.8) is 0 Å². The highest BCUT2D eigenvalue weighted by Crippen LogP contribution is 2.29. The van der Waals surface area contributed by atoms with Crippen LogP contribution in [0.3, 0.4) is 0 Å². The first-order valence-corrected chi connectivity index (χ1v) is 8.07. The third kappa shape index (κ3) is 3.99. The molecule has 22 heavy (non-hydrogen) atoms. The minimum absolute atomic E-state index is 0.143. The van der Waals surface area contributed by atoms with E-state index in [4.69, 9.17) is 14.2 Å². The van der Waals surface area contributed by atoms with Gasteiger partial charge >= 0.3 is 10.1 Å². The molecule has 0 unspecified atom stereocenters. The zero-order valence-electron chi connectivity index (χ0n) is 12.2. The fourth-order valence-corrected chi connectivity index (χ4v) is 3.00. The lowest BCUT2D eigenvalue weighted by molar-refractivity contribution is 0.390. The maximum Gasteiger partial charge on any atom is 0.313 e. The van der Waals surface area contributed by atoms with Crippen LogP contribution in [-0.4, -0.2) is 15.5 Å². The predicted octanol–water partition coefficient (Wildman–Crippen LogP) is 2.78. The molecule has 114 valence electrons. The summed E-state index contributed by atoms with van der Waals surface area (Å²) >= 11 is 0. The van der Waals surface area contributed by atoms with E-state index in [1.54, 1.807) is 36.4 Å². The Kier molecular flexibility index (Phi) is 4.68. The minimum Gasteiger partial charge on any atom is -0.493 e. The molecule has 0 N–H and O–H groups in total. The molecule has 0 heterocycles. The number of hydrogen-bond donors (Lipinski definition) is 0. The summed E-state index contributed by atoms with van der Waals surface area (Å²) in [4.78, 5) is 0. The fraction of sp³-hybridized carbons (Fsp3) is 0.188. The van der Waals surface area contributed by atoms with Gasteiger partial charge in [-0.3, -0.25) is 0 Å². The molecule has 0 aliphatic heterocycles. The second-order valence-electron chi connectivity index (χ2n) is 4.75. The van der Waals surface area contributed by atoms with Crippen LogP contribution < -0.4 is 8.92 Å². The summed E-state index contributed by atoms with van der Waals surface area (Å²) in [6, 6.07) is 13.4. The molecule has 0 saturated heterocycles. The van der Waals surface area contributed by atoms with Gasteiger partial charge in [0.1, 0.15) is 5.75 Å². The third-order valence-corrected chi connectivity index (χ3v) is 4.06. The van der Waals surface area contributed by atoms with E-state index in [9.17, 15) is 8.42 Å². The number of aryl methyl sites for hydroxylation is 1. The second-order valence-corrected chi connectivity index (χ2v) is 6.32. The second kappa shape index (κ2) is 6.50. The molecule has 2 aromatic carbocycles. The molecule has 0 fully saturated rings. The van der Waals surface area contributed by atoms with Crippen LogP contribution in [0.2, 0.25) is 0 Å². The first-order valence-electron chi connectivity index (χ1n) is 6.49. The number of ether oxygens (including phenoxy) is 1. The summed E-state index contributed by atoms with van der Waals surface area (Å²) in [6.45, 7) is 1.87. The lowest BCUT2D eigenvalue weighted by Gasteiger charge is -2.11. The summed E-state index contributed by atoms with van der Waals surface area (Å²) < 4.78 is 34.6. The number of benzene rings is 2. The zero-order chi connectivity index (χ0) is 16.2.